The summed E-state index contributed by atoms with van der Waals surface area (Å²) < 4.78 is 5.74. The van der Waals surface area contributed by atoms with Gasteiger partial charge in [-0.25, -0.2) is 0 Å². The number of carbonyl (C=O) groups excluding carboxylic acids is 1. The van der Waals surface area contributed by atoms with Gasteiger partial charge in [-0.1, -0.05) is 67.5 Å². The number of nitrogens with zero attached hydrogens (tertiary/aromatic N) is 2. The summed E-state index contributed by atoms with van der Waals surface area (Å²) in [6, 6.07) is 17.3. The first-order chi connectivity index (χ1) is 17.6. The van der Waals surface area contributed by atoms with Crippen LogP contribution in [-0.4, -0.2) is 43.1 Å². The smallest absolute Gasteiger partial charge is 0.241 e. The number of para-hydroxylation sites is 1. The van der Waals surface area contributed by atoms with Crippen molar-refractivity contribution in [3.63, 3.8) is 0 Å². The fourth-order valence-electron chi connectivity index (χ4n) is 5.50. The van der Waals surface area contributed by atoms with Crippen molar-refractivity contribution in [2.75, 3.05) is 31.1 Å². The van der Waals surface area contributed by atoms with Crippen LogP contribution in [0.15, 0.2) is 72.3 Å². The van der Waals surface area contributed by atoms with Crippen LogP contribution in [-0.2, 0) is 11.2 Å². The molecule has 0 bridgehead atoms. The molecule has 2 aromatic rings. The van der Waals surface area contributed by atoms with Crippen LogP contribution < -0.4 is 9.64 Å². The van der Waals surface area contributed by atoms with Crippen molar-refractivity contribution >= 4 is 11.6 Å². The topological polar surface area (TPSA) is 32.8 Å². The van der Waals surface area contributed by atoms with Crippen LogP contribution in [0.5, 0.6) is 5.75 Å². The molecule has 2 atom stereocenters. The molecule has 0 N–H and O–H groups in total. The van der Waals surface area contributed by atoms with Crippen LogP contribution >= 0.6 is 0 Å². The Bertz CT molecular complexity index is 1060. The molecule has 192 valence electrons. The average Bonchev–Trinajstić information content (AvgIpc) is 3.53. The molecular weight excluding hydrogens is 444 g/mol. The van der Waals surface area contributed by atoms with Gasteiger partial charge in [-0.15, -0.1) is 0 Å². The van der Waals surface area contributed by atoms with E-state index in [2.05, 4.69) is 74.2 Å². The molecule has 2 aliphatic heterocycles. The van der Waals surface area contributed by atoms with Crippen molar-refractivity contribution < 1.29 is 9.53 Å². The maximum absolute atomic E-state index is 13.7. The normalized spacial score (nSPS) is 20.0. The Balaban J connectivity index is 1.51. The number of benzene rings is 2. The molecule has 1 fully saturated rings. The predicted molar refractivity (Wildman–Crippen MR) is 150 cm³/mol. The van der Waals surface area contributed by atoms with E-state index in [1.54, 1.807) is 0 Å². The van der Waals surface area contributed by atoms with Crippen LogP contribution in [0, 0.1) is 0 Å². The molecule has 2 heterocycles. The highest BCUT2D eigenvalue weighted by Gasteiger charge is 2.35. The fraction of sp³-hybridized carbons (Fsp3) is 0.469. The van der Waals surface area contributed by atoms with E-state index in [1.807, 2.05) is 23.1 Å². The maximum Gasteiger partial charge on any atom is 0.241 e. The van der Waals surface area contributed by atoms with Crippen LogP contribution in [0.1, 0.15) is 69.9 Å². The first-order valence-electron chi connectivity index (χ1n) is 13.7. The number of allylic oxidation sites excluding steroid dienone is 4. The summed E-state index contributed by atoms with van der Waals surface area (Å²) in [7, 11) is 0. The third kappa shape index (κ3) is 6.67. The van der Waals surface area contributed by atoms with Gasteiger partial charge in [0.2, 0.25) is 5.91 Å². The number of carbonyl (C=O) groups is 1. The van der Waals surface area contributed by atoms with Gasteiger partial charge in [-0.2, -0.15) is 0 Å². The van der Waals surface area contributed by atoms with E-state index in [4.69, 9.17) is 4.74 Å². The van der Waals surface area contributed by atoms with Gasteiger partial charge in [-0.3, -0.25) is 9.69 Å². The second-order valence-electron chi connectivity index (χ2n) is 10.3. The number of unbranched alkanes of at least 4 members (excludes halogenated alkanes) is 1. The van der Waals surface area contributed by atoms with Gasteiger partial charge >= 0.3 is 0 Å². The Kier molecular flexibility index (Phi) is 9.41. The zero-order chi connectivity index (χ0) is 25.3. The summed E-state index contributed by atoms with van der Waals surface area (Å²) in [6.45, 7) is 9.42. The van der Waals surface area contributed by atoms with Crippen LogP contribution in [0.3, 0.4) is 0 Å². The minimum atomic E-state index is 0.212. The standard InChI is InChI=1S/C32H42N2O2/c1-4-6-11-25(3)14-16-30-22-28(26-15-17-31-27(21-26)18-20-36-31)23-33(30)24-32(35)34(19-7-5-2)29-12-9-8-10-13-29/h4,6,8-13,15,17,21,28,30H,5,7,14,16,18-20,22-24H2,1-3H3/b6-4-,25-11+. The number of anilines is 1. The van der Waals surface area contributed by atoms with Crippen molar-refractivity contribution in [1.82, 2.24) is 4.90 Å². The quantitative estimate of drug-likeness (QED) is 0.323. The highest BCUT2D eigenvalue weighted by molar-refractivity contribution is 5.94. The lowest BCUT2D eigenvalue weighted by atomic mass is 9.93. The number of likely N-dealkylation sites (tertiary alicyclic amines) is 1. The molecule has 4 nitrogen and oxygen atoms in total. The van der Waals surface area contributed by atoms with Gasteiger partial charge in [0.25, 0.3) is 0 Å². The SMILES string of the molecule is C/C=C\C=C(/C)CCC1CC(c2ccc3c(c2)CCO3)CN1CC(=O)N(CCCC)c1ccccc1. The Hall–Kier alpha value is -2.85. The van der Waals surface area contributed by atoms with Gasteiger partial charge in [-0.05, 0) is 74.8 Å². The molecule has 0 spiro atoms. The fourth-order valence-corrected chi connectivity index (χ4v) is 5.50. The van der Waals surface area contributed by atoms with E-state index in [0.29, 0.717) is 18.5 Å². The van der Waals surface area contributed by atoms with E-state index >= 15 is 0 Å². The van der Waals surface area contributed by atoms with E-state index < -0.39 is 0 Å². The van der Waals surface area contributed by atoms with Gasteiger partial charge in [0.1, 0.15) is 5.75 Å². The molecular formula is C32H42N2O2. The number of hydrogen-bond donors (Lipinski definition) is 0. The van der Waals surface area contributed by atoms with E-state index in [0.717, 1.165) is 69.7 Å². The van der Waals surface area contributed by atoms with Crippen LogP contribution in [0.25, 0.3) is 0 Å². The molecule has 2 aromatic carbocycles. The van der Waals surface area contributed by atoms with E-state index in [1.165, 1.54) is 16.7 Å². The zero-order valence-electron chi connectivity index (χ0n) is 22.3. The second kappa shape index (κ2) is 12.9. The van der Waals surface area contributed by atoms with Gasteiger partial charge in [0, 0.05) is 31.2 Å². The number of ether oxygens (including phenoxy) is 1. The van der Waals surface area contributed by atoms with Crippen molar-refractivity contribution in [2.45, 2.75) is 71.3 Å². The predicted octanol–water partition coefficient (Wildman–Crippen LogP) is 6.92. The lowest BCUT2D eigenvalue weighted by Gasteiger charge is -2.29. The molecule has 0 radical (unpaired) electrons. The highest BCUT2D eigenvalue weighted by Crippen LogP contribution is 2.37. The third-order valence-corrected chi connectivity index (χ3v) is 7.60. The molecule has 4 heteroatoms. The monoisotopic (exact) mass is 486 g/mol. The van der Waals surface area contributed by atoms with Gasteiger partial charge < -0.3 is 9.64 Å². The summed E-state index contributed by atoms with van der Waals surface area (Å²) in [5, 5.41) is 0. The molecule has 4 rings (SSSR count). The number of amides is 1. The Morgan fingerprint density at radius 2 is 2.03 bits per heavy atom. The molecule has 36 heavy (non-hydrogen) atoms. The number of hydrogen-bond acceptors (Lipinski definition) is 3. The molecule has 1 amide bonds. The summed E-state index contributed by atoms with van der Waals surface area (Å²) in [6.07, 6.45) is 12.7. The first kappa shape index (κ1) is 26.2. The van der Waals surface area contributed by atoms with Crippen LogP contribution in [0.2, 0.25) is 0 Å². The zero-order valence-corrected chi connectivity index (χ0v) is 22.3. The van der Waals surface area contributed by atoms with Gasteiger partial charge in [0.05, 0.1) is 13.2 Å². The number of rotatable bonds is 11. The van der Waals surface area contributed by atoms with Crippen molar-refractivity contribution in [3.05, 3.63) is 83.5 Å². The summed E-state index contributed by atoms with van der Waals surface area (Å²) in [5.74, 6) is 1.71. The van der Waals surface area contributed by atoms with Gasteiger partial charge in [0.15, 0.2) is 0 Å². The lowest BCUT2D eigenvalue weighted by Crippen LogP contribution is -2.43. The first-order valence-corrected chi connectivity index (χ1v) is 13.7. The molecule has 1 saturated heterocycles. The minimum Gasteiger partial charge on any atom is -0.493 e. The van der Waals surface area contributed by atoms with E-state index in [-0.39, 0.29) is 5.91 Å². The maximum atomic E-state index is 13.7. The molecule has 0 aromatic heterocycles. The average molecular weight is 487 g/mol. The van der Waals surface area contributed by atoms with E-state index in [9.17, 15) is 4.79 Å². The third-order valence-electron chi connectivity index (χ3n) is 7.60. The highest BCUT2D eigenvalue weighted by atomic mass is 16.5. The Labute approximate surface area is 217 Å². The largest absolute Gasteiger partial charge is 0.493 e. The van der Waals surface area contributed by atoms with Crippen molar-refractivity contribution in [3.8, 4) is 5.75 Å². The summed E-state index contributed by atoms with van der Waals surface area (Å²) in [5.41, 5.74) is 5.13. The summed E-state index contributed by atoms with van der Waals surface area (Å²) in [4.78, 5) is 18.1. The Morgan fingerprint density at radius 3 is 2.81 bits per heavy atom. The Morgan fingerprint density at radius 1 is 1.19 bits per heavy atom. The van der Waals surface area contributed by atoms with Crippen molar-refractivity contribution in [1.29, 1.82) is 0 Å². The molecule has 0 aliphatic carbocycles. The summed E-state index contributed by atoms with van der Waals surface area (Å²) >= 11 is 0. The molecule has 0 saturated carbocycles. The lowest BCUT2D eigenvalue weighted by molar-refractivity contribution is -0.120. The second-order valence-corrected chi connectivity index (χ2v) is 10.3. The van der Waals surface area contributed by atoms with Crippen LogP contribution in [0.4, 0.5) is 5.69 Å². The minimum absolute atomic E-state index is 0.212. The molecule has 2 aliphatic rings. The number of fused-ring (bicyclic) bond motifs is 1. The van der Waals surface area contributed by atoms with Crippen molar-refractivity contribution in [2.24, 2.45) is 0 Å². The molecule has 2 unspecified atom stereocenters.